The quantitative estimate of drug-likeness (QED) is 0.573. The van der Waals surface area contributed by atoms with Gasteiger partial charge in [-0.05, 0) is 22.0 Å². The third-order valence-electron chi connectivity index (χ3n) is 1.84. The highest BCUT2D eigenvalue weighted by Gasteiger charge is 2.34. The van der Waals surface area contributed by atoms with Crippen LogP contribution in [0.3, 0.4) is 0 Å². The van der Waals surface area contributed by atoms with Crippen molar-refractivity contribution in [3.8, 4) is 0 Å². The van der Waals surface area contributed by atoms with Gasteiger partial charge in [-0.3, -0.25) is 9.59 Å². The largest absolute Gasteiger partial charge is 0.316 e. The van der Waals surface area contributed by atoms with E-state index < -0.39 is 28.9 Å². The first-order chi connectivity index (χ1) is 6.52. The summed E-state index contributed by atoms with van der Waals surface area (Å²) >= 11 is 2.74. The van der Waals surface area contributed by atoms with E-state index in [0.717, 1.165) is 6.07 Å². The number of Topliss-reactive ketones (excluding diaryl/α,β-unsaturated/α-hetero) is 1. The number of carbonyl (C=O) groups excluding carboxylic acids is 2. The molecular weight excluding hydrogens is 260 g/mol. The molecule has 0 radical (unpaired) electrons. The van der Waals surface area contributed by atoms with Gasteiger partial charge in [-0.25, -0.2) is 8.78 Å². The van der Waals surface area contributed by atoms with Gasteiger partial charge in [0.2, 0.25) is 0 Å². The molecule has 14 heavy (non-hydrogen) atoms. The lowest BCUT2D eigenvalue weighted by atomic mass is 10.1. The maximum Gasteiger partial charge on any atom is 0.297 e. The molecule has 0 spiro atoms. The molecule has 1 amide bonds. The van der Waals surface area contributed by atoms with E-state index in [-0.39, 0.29) is 10.2 Å². The van der Waals surface area contributed by atoms with Crippen LogP contribution in [0.5, 0.6) is 0 Å². The average Bonchev–Trinajstić information content (AvgIpc) is 2.41. The van der Waals surface area contributed by atoms with Crippen molar-refractivity contribution < 1.29 is 18.4 Å². The summed E-state index contributed by atoms with van der Waals surface area (Å²) in [7, 11) is 0. The fourth-order valence-corrected chi connectivity index (χ4v) is 1.61. The minimum atomic E-state index is -1.06. The molecule has 0 aliphatic carbocycles. The molecule has 0 unspecified atom stereocenters. The summed E-state index contributed by atoms with van der Waals surface area (Å²) < 4.78 is 26.2. The third kappa shape index (κ3) is 1.07. The molecule has 72 valence electrons. The van der Waals surface area contributed by atoms with Gasteiger partial charge in [-0.2, -0.15) is 0 Å². The van der Waals surface area contributed by atoms with Gasteiger partial charge >= 0.3 is 0 Å². The van der Waals surface area contributed by atoms with Crippen molar-refractivity contribution in [2.75, 3.05) is 5.32 Å². The summed E-state index contributed by atoms with van der Waals surface area (Å²) in [5, 5.41) is 1.96. The SMILES string of the molecule is O=C1Nc2c(F)cc(Br)c(F)c2C1=O. The fourth-order valence-electron chi connectivity index (χ4n) is 1.21. The number of hydrogen-bond donors (Lipinski definition) is 1. The Morgan fingerprint density at radius 3 is 2.57 bits per heavy atom. The van der Waals surface area contributed by atoms with Gasteiger partial charge in [0.15, 0.2) is 5.82 Å². The Kier molecular flexibility index (Phi) is 1.88. The first-order valence-electron chi connectivity index (χ1n) is 3.55. The summed E-state index contributed by atoms with van der Waals surface area (Å²) in [6.45, 7) is 0. The van der Waals surface area contributed by atoms with Crippen LogP contribution in [0.15, 0.2) is 10.5 Å². The van der Waals surface area contributed by atoms with Crippen LogP contribution in [0.25, 0.3) is 0 Å². The van der Waals surface area contributed by atoms with Gasteiger partial charge in [0.25, 0.3) is 11.7 Å². The number of rotatable bonds is 0. The molecule has 1 heterocycles. The Labute approximate surface area is 85.2 Å². The lowest BCUT2D eigenvalue weighted by Gasteiger charge is -2.01. The van der Waals surface area contributed by atoms with Crippen LogP contribution in [0, 0.1) is 11.6 Å². The van der Waals surface area contributed by atoms with Gasteiger partial charge in [0.05, 0.1) is 15.7 Å². The molecule has 6 heteroatoms. The number of anilines is 1. The molecule has 1 aromatic carbocycles. The Morgan fingerprint density at radius 1 is 1.29 bits per heavy atom. The summed E-state index contributed by atoms with van der Waals surface area (Å²) in [4.78, 5) is 21.9. The highest BCUT2D eigenvalue weighted by atomic mass is 79.9. The zero-order valence-electron chi connectivity index (χ0n) is 6.53. The maximum atomic E-state index is 13.3. The third-order valence-corrected chi connectivity index (χ3v) is 2.42. The number of hydrogen-bond acceptors (Lipinski definition) is 2. The van der Waals surface area contributed by atoms with Crippen molar-refractivity contribution in [2.24, 2.45) is 0 Å². The summed E-state index contributed by atoms with van der Waals surface area (Å²) in [5.41, 5.74) is -0.928. The normalized spacial score (nSPS) is 14.2. The Hall–Kier alpha value is -1.30. The number of amides is 1. The highest BCUT2D eigenvalue weighted by molar-refractivity contribution is 9.10. The van der Waals surface area contributed by atoms with E-state index in [0.29, 0.717) is 0 Å². The van der Waals surface area contributed by atoms with Crippen LogP contribution in [0.4, 0.5) is 14.5 Å². The average molecular weight is 262 g/mol. The number of carbonyl (C=O) groups is 2. The summed E-state index contributed by atoms with van der Waals surface area (Å²) in [6, 6.07) is 0.854. The van der Waals surface area contributed by atoms with E-state index in [9.17, 15) is 18.4 Å². The zero-order valence-corrected chi connectivity index (χ0v) is 8.11. The molecule has 0 bridgehead atoms. The molecule has 0 saturated heterocycles. The predicted molar refractivity (Wildman–Crippen MR) is 47.0 cm³/mol. The molecule has 1 aromatic rings. The van der Waals surface area contributed by atoms with Crippen molar-refractivity contribution in [2.45, 2.75) is 0 Å². The molecular formula is C8H2BrF2NO2. The Morgan fingerprint density at radius 2 is 1.93 bits per heavy atom. The number of ketones is 1. The smallest absolute Gasteiger partial charge is 0.297 e. The van der Waals surface area contributed by atoms with Crippen LogP contribution in [0.1, 0.15) is 10.4 Å². The second-order valence-electron chi connectivity index (χ2n) is 2.69. The van der Waals surface area contributed by atoms with Gasteiger partial charge in [-0.15, -0.1) is 0 Å². The molecule has 1 aliphatic heterocycles. The van der Waals surface area contributed by atoms with Crippen LogP contribution in [0.2, 0.25) is 0 Å². The molecule has 0 fully saturated rings. The molecule has 1 N–H and O–H groups in total. The summed E-state index contributed by atoms with van der Waals surface area (Å²) in [5.74, 6) is -3.84. The first kappa shape index (κ1) is 9.26. The van der Waals surface area contributed by atoms with E-state index in [1.807, 2.05) is 5.32 Å². The van der Waals surface area contributed by atoms with Crippen molar-refractivity contribution in [3.63, 3.8) is 0 Å². The lowest BCUT2D eigenvalue weighted by molar-refractivity contribution is -0.112. The van der Waals surface area contributed by atoms with Crippen LogP contribution in [-0.2, 0) is 4.79 Å². The van der Waals surface area contributed by atoms with Crippen LogP contribution < -0.4 is 5.32 Å². The molecule has 0 aromatic heterocycles. The van der Waals surface area contributed by atoms with Gasteiger partial charge in [0, 0.05) is 0 Å². The standard InChI is InChI=1S/C8H2BrF2NO2/c9-2-1-3(10)6-4(5(2)11)7(13)8(14)12-6/h1H,(H,12,13,14). The summed E-state index contributed by atoms with van der Waals surface area (Å²) in [6.07, 6.45) is 0. The van der Waals surface area contributed by atoms with Crippen molar-refractivity contribution in [1.82, 2.24) is 0 Å². The van der Waals surface area contributed by atoms with Crippen LogP contribution >= 0.6 is 15.9 Å². The second kappa shape index (κ2) is 2.84. The van der Waals surface area contributed by atoms with Crippen molar-refractivity contribution >= 4 is 33.3 Å². The minimum Gasteiger partial charge on any atom is -0.316 e. The zero-order chi connectivity index (χ0) is 10.5. The van der Waals surface area contributed by atoms with E-state index in [1.165, 1.54) is 0 Å². The van der Waals surface area contributed by atoms with Crippen molar-refractivity contribution in [3.05, 3.63) is 27.7 Å². The molecule has 0 atom stereocenters. The van der Waals surface area contributed by atoms with E-state index in [1.54, 1.807) is 0 Å². The topological polar surface area (TPSA) is 46.2 Å². The Bertz CT molecular complexity index is 473. The number of halogens is 3. The van der Waals surface area contributed by atoms with Crippen molar-refractivity contribution in [1.29, 1.82) is 0 Å². The number of fused-ring (bicyclic) bond motifs is 1. The fraction of sp³-hybridized carbons (Fsp3) is 0. The molecule has 3 nitrogen and oxygen atoms in total. The molecule has 1 aliphatic rings. The number of benzene rings is 1. The second-order valence-corrected chi connectivity index (χ2v) is 3.54. The van der Waals surface area contributed by atoms with E-state index in [4.69, 9.17) is 0 Å². The number of nitrogens with one attached hydrogen (secondary N) is 1. The first-order valence-corrected chi connectivity index (χ1v) is 4.35. The highest BCUT2D eigenvalue weighted by Crippen LogP contribution is 2.32. The van der Waals surface area contributed by atoms with E-state index >= 15 is 0 Å². The van der Waals surface area contributed by atoms with Gasteiger partial charge < -0.3 is 5.32 Å². The van der Waals surface area contributed by atoms with E-state index in [2.05, 4.69) is 15.9 Å². The Balaban J connectivity index is 2.80. The van der Waals surface area contributed by atoms with Gasteiger partial charge in [0.1, 0.15) is 5.82 Å². The van der Waals surface area contributed by atoms with Crippen LogP contribution in [-0.4, -0.2) is 11.7 Å². The molecule has 0 saturated carbocycles. The minimum absolute atomic E-state index is 0.182. The predicted octanol–water partition coefficient (Wildman–Crippen LogP) is 1.86. The maximum absolute atomic E-state index is 13.3. The molecule has 2 rings (SSSR count). The lowest BCUT2D eigenvalue weighted by Crippen LogP contribution is -2.13. The van der Waals surface area contributed by atoms with Gasteiger partial charge in [-0.1, -0.05) is 0 Å². The monoisotopic (exact) mass is 261 g/mol.